The maximum absolute atomic E-state index is 12.2. The van der Waals surface area contributed by atoms with E-state index in [1.807, 2.05) is 24.3 Å². The lowest BCUT2D eigenvalue weighted by Crippen LogP contribution is -2.39. The lowest BCUT2D eigenvalue weighted by atomic mass is 10.3. The van der Waals surface area contributed by atoms with Crippen LogP contribution in [0.2, 0.25) is 0 Å². The van der Waals surface area contributed by atoms with Gasteiger partial charge in [0.1, 0.15) is 0 Å². The number of thioether (sulfide) groups is 1. The normalized spacial score (nSPS) is 19.6. The highest BCUT2D eigenvalue weighted by Gasteiger charge is 2.28. The van der Waals surface area contributed by atoms with Crippen LogP contribution in [-0.2, 0) is 14.8 Å². The topological polar surface area (TPSA) is 72.6 Å². The molecular formula is C13H20N2O3S2. The van der Waals surface area contributed by atoms with Crippen molar-refractivity contribution >= 4 is 27.5 Å². The Labute approximate surface area is 124 Å². The molecule has 0 radical (unpaired) electrons. The first-order chi connectivity index (χ1) is 9.49. The number of sulfonamides is 1. The first-order valence-electron chi connectivity index (χ1n) is 6.51. The number of rotatable bonds is 6. The summed E-state index contributed by atoms with van der Waals surface area (Å²) in [5.41, 5.74) is 6.32. The zero-order valence-electron chi connectivity index (χ0n) is 11.5. The Hall–Kier alpha value is -0.760. The first kappa shape index (κ1) is 15.6. The number of nitrogens with zero attached hydrogens (tertiary/aromatic N) is 1. The minimum Gasteiger partial charge on any atom is -0.399 e. The molecule has 0 aliphatic carbocycles. The second-order valence-electron chi connectivity index (χ2n) is 4.77. The predicted molar refractivity (Wildman–Crippen MR) is 82.4 cm³/mol. The van der Waals surface area contributed by atoms with Gasteiger partial charge < -0.3 is 10.5 Å². The van der Waals surface area contributed by atoms with E-state index in [0.717, 1.165) is 11.3 Å². The number of hydrogen-bond donors (Lipinski definition) is 1. The number of nitrogens with two attached hydrogens (primary N) is 1. The third-order valence-electron chi connectivity index (χ3n) is 3.35. The molecule has 1 unspecified atom stereocenters. The molecule has 1 aliphatic rings. The van der Waals surface area contributed by atoms with Crippen molar-refractivity contribution < 1.29 is 13.2 Å². The van der Waals surface area contributed by atoms with Crippen molar-refractivity contribution in [1.29, 1.82) is 0 Å². The Morgan fingerprint density at radius 3 is 2.70 bits per heavy atom. The molecule has 1 fully saturated rings. The van der Waals surface area contributed by atoms with Crippen LogP contribution in [0, 0.1) is 0 Å². The van der Waals surface area contributed by atoms with Gasteiger partial charge in [-0.2, -0.15) is 4.31 Å². The van der Waals surface area contributed by atoms with E-state index in [0.29, 0.717) is 24.7 Å². The summed E-state index contributed by atoms with van der Waals surface area (Å²) < 4.78 is 31.1. The highest BCUT2D eigenvalue weighted by atomic mass is 32.2. The molecule has 0 amide bonds. The fraction of sp³-hybridized carbons (Fsp3) is 0.538. The Bertz CT molecular complexity index is 525. The molecule has 1 heterocycles. The molecule has 20 heavy (non-hydrogen) atoms. The van der Waals surface area contributed by atoms with Crippen LogP contribution in [0.4, 0.5) is 5.69 Å². The average Bonchev–Trinajstić information content (AvgIpc) is 2.94. The minimum atomic E-state index is -3.21. The van der Waals surface area contributed by atoms with Crippen molar-refractivity contribution in [1.82, 2.24) is 4.31 Å². The molecule has 7 heteroatoms. The zero-order chi connectivity index (χ0) is 14.6. The van der Waals surface area contributed by atoms with Gasteiger partial charge in [-0.15, -0.1) is 11.8 Å². The summed E-state index contributed by atoms with van der Waals surface area (Å²) in [6.07, 6.45) is 0.779. The predicted octanol–water partition coefficient (Wildman–Crippen LogP) is 1.41. The van der Waals surface area contributed by atoms with Gasteiger partial charge >= 0.3 is 0 Å². The highest BCUT2D eigenvalue weighted by molar-refractivity contribution is 8.00. The van der Waals surface area contributed by atoms with Crippen LogP contribution in [0.25, 0.3) is 0 Å². The minimum absolute atomic E-state index is 0.0125. The van der Waals surface area contributed by atoms with Crippen LogP contribution in [0.15, 0.2) is 29.2 Å². The summed E-state index contributed by atoms with van der Waals surface area (Å²) in [5.74, 6) is 0.666. The molecule has 1 aromatic rings. The molecule has 2 rings (SSSR count). The molecule has 1 atom stereocenters. The monoisotopic (exact) mass is 316 g/mol. The van der Waals surface area contributed by atoms with Crippen molar-refractivity contribution in [3.05, 3.63) is 24.3 Å². The molecule has 0 bridgehead atoms. The number of likely N-dealkylation sites (N-methyl/N-ethyl adjacent to an activating group) is 1. The van der Waals surface area contributed by atoms with Crippen molar-refractivity contribution in [3.8, 4) is 0 Å². The number of anilines is 1. The first-order valence-corrected chi connectivity index (χ1v) is 9.10. The molecule has 0 saturated carbocycles. The molecule has 1 aliphatic heterocycles. The van der Waals surface area contributed by atoms with Crippen LogP contribution >= 0.6 is 11.8 Å². The number of benzene rings is 1. The van der Waals surface area contributed by atoms with Gasteiger partial charge in [0.05, 0.1) is 18.4 Å². The van der Waals surface area contributed by atoms with Crippen molar-refractivity contribution in [2.75, 3.05) is 37.5 Å². The molecule has 1 saturated heterocycles. The third-order valence-corrected chi connectivity index (χ3v) is 6.52. The fourth-order valence-electron chi connectivity index (χ4n) is 2.01. The summed E-state index contributed by atoms with van der Waals surface area (Å²) >= 11 is 1.52. The molecule has 5 nitrogen and oxygen atoms in total. The summed E-state index contributed by atoms with van der Waals surface area (Å²) in [7, 11) is -1.57. The van der Waals surface area contributed by atoms with Gasteiger partial charge in [-0.25, -0.2) is 8.42 Å². The Kier molecular flexibility index (Phi) is 5.31. The molecule has 0 aromatic heterocycles. The van der Waals surface area contributed by atoms with Crippen molar-refractivity contribution in [2.45, 2.75) is 17.4 Å². The SMILES string of the molecule is CN(C1CCOC1)S(=O)(=O)CCSc1ccc(N)cc1. The molecule has 0 spiro atoms. The quantitative estimate of drug-likeness (QED) is 0.634. The van der Waals surface area contributed by atoms with E-state index in [1.165, 1.54) is 16.1 Å². The summed E-state index contributed by atoms with van der Waals surface area (Å²) in [6, 6.07) is 7.43. The highest BCUT2D eigenvalue weighted by Crippen LogP contribution is 2.21. The lowest BCUT2D eigenvalue weighted by molar-refractivity contribution is 0.181. The summed E-state index contributed by atoms with van der Waals surface area (Å²) in [4.78, 5) is 1.03. The average molecular weight is 316 g/mol. The van der Waals surface area contributed by atoms with Gasteiger partial charge in [0.2, 0.25) is 10.0 Å². The Morgan fingerprint density at radius 1 is 1.40 bits per heavy atom. The van der Waals surface area contributed by atoms with Crippen LogP contribution in [0.3, 0.4) is 0 Å². The Morgan fingerprint density at radius 2 is 2.10 bits per heavy atom. The van der Waals surface area contributed by atoms with Crippen molar-refractivity contribution in [2.24, 2.45) is 0 Å². The lowest BCUT2D eigenvalue weighted by Gasteiger charge is -2.22. The largest absolute Gasteiger partial charge is 0.399 e. The summed E-state index contributed by atoms with van der Waals surface area (Å²) in [5, 5.41) is 0. The number of nitrogen functional groups attached to an aromatic ring is 1. The van der Waals surface area contributed by atoms with Crippen LogP contribution < -0.4 is 5.73 Å². The van der Waals surface area contributed by atoms with Crippen LogP contribution in [0.1, 0.15) is 6.42 Å². The smallest absolute Gasteiger partial charge is 0.215 e. The number of hydrogen-bond acceptors (Lipinski definition) is 5. The van der Waals surface area contributed by atoms with E-state index in [9.17, 15) is 8.42 Å². The standard InChI is InChI=1S/C13H20N2O3S2/c1-15(12-6-7-18-10-12)20(16,17)9-8-19-13-4-2-11(14)3-5-13/h2-5,12H,6-10,14H2,1H3. The molecule has 2 N–H and O–H groups in total. The molecule has 112 valence electrons. The van der Waals surface area contributed by atoms with Crippen LogP contribution in [0.5, 0.6) is 0 Å². The van der Waals surface area contributed by atoms with E-state index in [4.69, 9.17) is 10.5 Å². The molecular weight excluding hydrogens is 296 g/mol. The fourth-order valence-corrected chi connectivity index (χ4v) is 4.66. The van der Waals surface area contributed by atoms with Gasteiger partial charge in [0.25, 0.3) is 0 Å². The van der Waals surface area contributed by atoms with E-state index in [1.54, 1.807) is 7.05 Å². The Balaban J connectivity index is 1.84. The van der Waals surface area contributed by atoms with Crippen LogP contribution in [-0.4, -0.2) is 50.5 Å². The van der Waals surface area contributed by atoms with Gasteiger partial charge in [0, 0.05) is 30.0 Å². The van der Waals surface area contributed by atoms with E-state index in [2.05, 4.69) is 0 Å². The van der Waals surface area contributed by atoms with E-state index >= 15 is 0 Å². The van der Waals surface area contributed by atoms with Gasteiger partial charge in [-0.1, -0.05) is 0 Å². The molecule has 1 aromatic carbocycles. The second-order valence-corrected chi connectivity index (χ2v) is 8.08. The third kappa shape index (κ3) is 4.12. The summed E-state index contributed by atoms with van der Waals surface area (Å²) in [6.45, 7) is 1.14. The zero-order valence-corrected chi connectivity index (χ0v) is 13.1. The van der Waals surface area contributed by atoms with Gasteiger partial charge in [-0.05, 0) is 30.7 Å². The van der Waals surface area contributed by atoms with Gasteiger partial charge in [0.15, 0.2) is 0 Å². The maximum atomic E-state index is 12.2. The van der Waals surface area contributed by atoms with Crippen molar-refractivity contribution in [3.63, 3.8) is 0 Å². The van der Waals surface area contributed by atoms with E-state index in [-0.39, 0.29) is 11.8 Å². The second kappa shape index (κ2) is 6.80. The van der Waals surface area contributed by atoms with Gasteiger partial charge in [-0.3, -0.25) is 0 Å². The number of ether oxygens (including phenoxy) is 1. The maximum Gasteiger partial charge on any atom is 0.215 e. The van der Waals surface area contributed by atoms with E-state index < -0.39 is 10.0 Å².